The van der Waals surface area contributed by atoms with E-state index in [4.69, 9.17) is 10.00 Å². The lowest BCUT2D eigenvalue weighted by Crippen LogP contribution is -2.34. The SMILES string of the molecule is CC.COCCNC(=O)C1CC(C#N)N(C)C1. The van der Waals surface area contributed by atoms with E-state index in [1.165, 1.54) is 0 Å². The van der Waals surface area contributed by atoms with Crippen molar-refractivity contribution < 1.29 is 9.53 Å². The van der Waals surface area contributed by atoms with Crippen LogP contribution in [0.3, 0.4) is 0 Å². The number of nitrogens with zero attached hydrogens (tertiary/aromatic N) is 2. The molecule has 1 aliphatic rings. The van der Waals surface area contributed by atoms with E-state index in [-0.39, 0.29) is 17.9 Å². The molecule has 0 aromatic carbocycles. The first-order valence-electron chi connectivity index (χ1n) is 6.05. The van der Waals surface area contributed by atoms with Crippen molar-refractivity contribution in [3.63, 3.8) is 0 Å². The summed E-state index contributed by atoms with van der Waals surface area (Å²) in [6.45, 7) is 5.72. The maximum Gasteiger partial charge on any atom is 0.224 e. The van der Waals surface area contributed by atoms with Crippen LogP contribution in [0.1, 0.15) is 20.3 Å². The van der Waals surface area contributed by atoms with E-state index in [9.17, 15) is 4.79 Å². The summed E-state index contributed by atoms with van der Waals surface area (Å²) in [5.41, 5.74) is 0. The minimum absolute atomic E-state index is 0.0247. The number of ether oxygens (including phenoxy) is 1. The molecule has 1 aliphatic heterocycles. The van der Waals surface area contributed by atoms with Crippen LogP contribution >= 0.6 is 0 Å². The Kier molecular flexibility index (Phi) is 8.38. The van der Waals surface area contributed by atoms with Crippen LogP contribution in [0.5, 0.6) is 0 Å². The highest BCUT2D eigenvalue weighted by Crippen LogP contribution is 2.20. The zero-order valence-electron chi connectivity index (χ0n) is 11.2. The molecular formula is C12H23N3O2. The number of likely N-dealkylation sites (tertiary alicyclic amines) is 1. The Hall–Kier alpha value is -1.12. The number of hydrogen-bond acceptors (Lipinski definition) is 4. The molecule has 0 spiro atoms. The fourth-order valence-electron chi connectivity index (χ4n) is 1.76. The number of methoxy groups -OCH3 is 1. The van der Waals surface area contributed by atoms with Gasteiger partial charge in [0.1, 0.15) is 0 Å². The predicted molar refractivity (Wildman–Crippen MR) is 66.4 cm³/mol. The smallest absolute Gasteiger partial charge is 0.224 e. The van der Waals surface area contributed by atoms with Gasteiger partial charge in [-0.1, -0.05) is 13.8 Å². The molecule has 0 aromatic rings. The zero-order chi connectivity index (χ0) is 13.3. The van der Waals surface area contributed by atoms with E-state index in [1.807, 2.05) is 25.8 Å². The van der Waals surface area contributed by atoms with Gasteiger partial charge in [0.05, 0.1) is 24.6 Å². The Bertz CT molecular complexity index is 263. The lowest BCUT2D eigenvalue weighted by molar-refractivity contribution is -0.124. The molecule has 1 heterocycles. The highest BCUT2D eigenvalue weighted by Gasteiger charge is 2.33. The van der Waals surface area contributed by atoms with Crippen LogP contribution in [0.15, 0.2) is 0 Å². The van der Waals surface area contributed by atoms with Crippen LogP contribution < -0.4 is 5.32 Å². The van der Waals surface area contributed by atoms with Crippen LogP contribution in [0.25, 0.3) is 0 Å². The third-order valence-electron chi connectivity index (χ3n) is 2.67. The number of nitrogens with one attached hydrogen (secondary N) is 1. The first-order valence-corrected chi connectivity index (χ1v) is 6.05. The molecule has 5 heteroatoms. The van der Waals surface area contributed by atoms with Crippen molar-refractivity contribution in [2.24, 2.45) is 5.92 Å². The number of amides is 1. The quantitative estimate of drug-likeness (QED) is 0.733. The Morgan fingerprint density at radius 1 is 1.59 bits per heavy atom. The Balaban J connectivity index is 0.00000121. The van der Waals surface area contributed by atoms with Gasteiger partial charge in [0.25, 0.3) is 0 Å². The molecule has 1 fully saturated rings. The summed E-state index contributed by atoms with van der Waals surface area (Å²) in [5, 5.41) is 11.6. The fraction of sp³-hybridized carbons (Fsp3) is 0.833. The van der Waals surface area contributed by atoms with Gasteiger partial charge in [-0.15, -0.1) is 0 Å². The van der Waals surface area contributed by atoms with Crippen molar-refractivity contribution in [2.75, 3.05) is 33.9 Å². The Labute approximate surface area is 104 Å². The minimum Gasteiger partial charge on any atom is -0.383 e. The number of rotatable bonds is 4. The number of carbonyl (C=O) groups is 1. The third kappa shape index (κ3) is 5.16. The molecule has 1 amide bonds. The van der Waals surface area contributed by atoms with E-state index >= 15 is 0 Å². The van der Waals surface area contributed by atoms with Gasteiger partial charge in [-0.25, -0.2) is 0 Å². The first-order chi connectivity index (χ1) is 8.19. The van der Waals surface area contributed by atoms with Crippen LogP contribution in [0.4, 0.5) is 0 Å². The van der Waals surface area contributed by atoms with Gasteiger partial charge in [0.2, 0.25) is 5.91 Å². The highest BCUT2D eigenvalue weighted by molar-refractivity contribution is 5.79. The van der Waals surface area contributed by atoms with E-state index in [1.54, 1.807) is 7.11 Å². The molecule has 2 unspecified atom stereocenters. The summed E-state index contributed by atoms with van der Waals surface area (Å²) in [6, 6.07) is 2.06. The summed E-state index contributed by atoms with van der Waals surface area (Å²) >= 11 is 0. The second-order valence-electron chi connectivity index (χ2n) is 3.80. The lowest BCUT2D eigenvalue weighted by atomic mass is 10.1. The van der Waals surface area contributed by atoms with Crippen molar-refractivity contribution in [1.82, 2.24) is 10.2 Å². The molecular weight excluding hydrogens is 218 g/mol. The van der Waals surface area contributed by atoms with Crippen molar-refractivity contribution in [3.05, 3.63) is 0 Å². The van der Waals surface area contributed by atoms with Crippen molar-refractivity contribution >= 4 is 5.91 Å². The highest BCUT2D eigenvalue weighted by atomic mass is 16.5. The summed E-state index contributed by atoms with van der Waals surface area (Å²) < 4.78 is 4.84. The molecule has 0 bridgehead atoms. The Morgan fingerprint density at radius 2 is 2.24 bits per heavy atom. The fourth-order valence-corrected chi connectivity index (χ4v) is 1.76. The average molecular weight is 241 g/mol. The molecule has 2 atom stereocenters. The number of nitriles is 1. The summed E-state index contributed by atoms with van der Waals surface area (Å²) in [4.78, 5) is 13.5. The van der Waals surface area contributed by atoms with Crippen LogP contribution in [0, 0.1) is 17.2 Å². The van der Waals surface area contributed by atoms with Gasteiger partial charge in [-0.2, -0.15) is 5.26 Å². The second-order valence-corrected chi connectivity index (χ2v) is 3.80. The number of hydrogen-bond donors (Lipinski definition) is 1. The third-order valence-corrected chi connectivity index (χ3v) is 2.67. The van der Waals surface area contributed by atoms with E-state index in [0.717, 1.165) is 0 Å². The largest absolute Gasteiger partial charge is 0.383 e. The summed E-state index contributed by atoms with van der Waals surface area (Å²) in [5.74, 6) is -0.0341. The first kappa shape index (κ1) is 15.9. The monoisotopic (exact) mass is 241 g/mol. The maximum absolute atomic E-state index is 11.6. The minimum atomic E-state index is -0.122. The van der Waals surface area contributed by atoms with Gasteiger partial charge in [0, 0.05) is 20.2 Å². The Morgan fingerprint density at radius 3 is 2.71 bits per heavy atom. The van der Waals surface area contributed by atoms with Gasteiger partial charge >= 0.3 is 0 Å². The lowest BCUT2D eigenvalue weighted by Gasteiger charge is -2.11. The maximum atomic E-state index is 11.6. The number of carbonyl (C=O) groups excluding carboxylic acids is 1. The standard InChI is InChI=1S/C10H17N3O2.C2H6/c1-13-7-8(5-9(13)6-11)10(14)12-3-4-15-2;1-2/h8-9H,3-5,7H2,1-2H3,(H,12,14);1-2H3. The molecule has 1 N–H and O–H groups in total. The normalized spacial score (nSPS) is 23.5. The van der Waals surface area contributed by atoms with E-state index in [2.05, 4.69) is 11.4 Å². The van der Waals surface area contributed by atoms with Crippen LogP contribution in [-0.2, 0) is 9.53 Å². The van der Waals surface area contributed by atoms with Crippen molar-refractivity contribution in [2.45, 2.75) is 26.3 Å². The van der Waals surface area contributed by atoms with Gasteiger partial charge < -0.3 is 10.1 Å². The molecule has 0 aromatic heterocycles. The molecule has 0 saturated carbocycles. The van der Waals surface area contributed by atoms with Gasteiger partial charge in [0.15, 0.2) is 0 Å². The second kappa shape index (κ2) is 8.97. The summed E-state index contributed by atoms with van der Waals surface area (Å²) in [7, 11) is 3.47. The zero-order valence-corrected chi connectivity index (χ0v) is 11.2. The van der Waals surface area contributed by atoms with Crippen LogP contribution in [-0.4, -0.2) is 50.7 Å². The molecule has 17 heavy (non-hydrogen) atoms. The van der Waals surface area contributed by atoms with Crippen molar-refractivity contribution in [3.8, 4) is 6.07 Å². The van der Waals surface area contributed by atoms with Crippen molar-refractivity contribution in [1.29, 1.82) is 5.26 Å². The van der Waals surface area contributed by atoms with Crippen LogP contribution in [0.2, 0.25) is 0 Å². The van der Waals surface area contributed by atoms with E-state index in [0.29, 0.717) is 26.1 Å². The van der Waals surface area contributed by atoms with E-state index < -0.39 is 0 Å². The molecule has 1 rings (SSSR count). The molecule has 0 radical (unpaired) electrons. The molecule has 98 valence electrons. The average Bonchev–Trinajstić information content (AvgIpc) is 2.73. The molecule has 0 aliphatic carbocycles. The predicted octanol–water partition coefficient (Wildman–Crippen LogP) is 0.619. The van der Waals surface area contributed by atoms with Gasteiger partial charge in [-0.05, 0) is 13.5 Å². The summed E-state index contributed by atoms with van der Waals surface area (Å²) in [6.07, 6.45) is 0.631. The van der Waals surface area contributed by atoms with Gasteiger partial charge in [-0.3, -0.25) is 9.69 Å². The topological polar surface area (TPSA) is 65.4 Å². The molecule has 1 saturated heterocycles. The molecule has 5 nitrogen and oxygen atoms in total.